The molecule has 1 atom stereocenters. The summed E-state index contributed by atoms with van der Waals surface area (Å²) in [5.74, 6) is 0.761. The Kier molecular flexibility index (Phi) is 1.66. The number of hydrogen-bond acceptors (Lipinski definition) is 1. The van der Waals surface area contributed by atoms with Gasteiger partial charge in [0.05, 0.1) is 0 Å². The fraction of sp³-hybridized carbons (Fsp3) is 0.400. The van der Waals surface area contributed by atoms with E-state index in [2.05, 4.69) is 24.3 Å². The van der Waals surface area contributed by atoms with Crippen LogP contribution in [0.2, 0.25) is 0 Å². The van der Waals surface area contributed by atoms with E-state index in [9.17, 15) is 0 Å². The molecule has 0 radical (unpaired) electrons. The molecule has 1 saturated carbocycles. The highest BCUT2D eigenvalue weighted by Crippen LogP contribution is 2.39. The molecule has 1 aliphatic carbocycles. The van der Waals surface area contributed by atoms with Crippen LogP contribution in [0.5, 0.6) is 0 Å². The molecule has 0 unspecified atom stereocenters. The molecule has 2 N–H and O–H groups in total. The van der Waals surface area contributed by atoms with Gasteiger partial charge in [-0.25, -0.2) is 0 Å². The summed E-state index contributed by atoms with van der Waals surface area (Å²) in [5, 5.41) is 0. The minimum absolute atomic E-state index is 0.288. The lowest BCUT2D eigenvalue weighted by Crippen LogP contribution is -2.11. The SMILES string of the molecule is N[C@H](c1ccccc1)C1CC1. The fourth-order valence-electron chi connectivity index (χ4n) is 1.40. The van der Waals surface area contributed by atoms with E-state index < -0.39 is 0 Å². The standard InChI is InChI=1S/C10H13N/c11-10(9-6-7-9)8-4-2-1-3-5-8/h1-5,9-10H,6-7,11H2/t10-/m1/s1. The summed E-state index contributed by atoms with van der Waals surface area (Å²) < 4.78 is 0. The quantitative estimate of drug-likeness (QED) is 0.681. The number of rotatable bonds is 2. The van der Waals surface area contributed by atoms with E-state index in [4.69, 9.17) is 5.73 Å². The van der Waals surface area contributed by atoms with Crippen LogP contribution in [0.3, 0.4) is 0 Å². The zero-order valence-corrected chi connectivity index (χ0v) is 6.53. The summed E-state index contributed by atoms with van der Waals surface area (Å²) >= 11 is 0. The van der Waals surface area contributed by atoms with Crippen molar-refractivity contribution in [3.8, 4) is 0 Å². The molecule has 1 aromatic carbocycles. The van der Waals surface area contributed by atoms with Gasteiger partial charge >= 0.3 is 0 Å². The molecule has 11 heavy (non-hydrogen) atoms. The fourth-order valence-corrected chi connectivity index (χ4v) is 1.40. The Bertz CT molecular complexity index is 226. The van der Waals surface area contributed by atoms with Crippen LogP contribution in [0.4, 0.5) is 0 Å². The molecule has 1 aromatic rings. The Hall–Kier alpha value is -0.820. The van der Waals surface area contributed by atoms with Gasteiger partial charge in [-0.3, -0.25) is 0 Å². The van der Waals surface area contributed by atoms with E-state index >= 15 is 0 Å². The Morgan fingerprint density at radius 3 is 2.36 bits per heavy atom. The summed E-state index contributed by atoms with van der Waals surface area (Å²) in [6.45, 7) is 0. The lowest BCUT2D eigenvalue weighted by Gasteiger charge is -2.09. The maximum atomic E-state index is 6.00. The topological polar surface area (TPSA) is 26.0 Å². The van der Waals surface area contributed by atoms with Gasteiger partial charge < -0.3 is 5.73 Å². The normalized spacial score (nSPS) is 19.7. The average molecular weight is 147 g/mol. The predicted octanol–water partition coefficient (Wildman–Crippen LogP) is 2.10. The minimum atomic E-state index is 0.288. The summed E-state index contributed by atoms with van der Waals surface area (Å²) in [5.41, 5.74) is 7.29. The molecule has 0 spiro atoms. The van der Waals surface area contributed by atoms with Crippen molar-refractivity contribution >= 4 is 0 Å². The maximum absolute atomic E-state index is 6.00. The Morgan fingerprint density at radius 1 is 1.18 bits per heavy atom. The molecular formula is C10H13N. The van der Waals surface area contributed by atoms with Gasteiger partial charge in [0.2, 0.25) is 0 Å². The van der Waals surface area contributed by atoms with Gasteiger partial charge in [0.25, 0.3) is 0 Å². The van der Waals surface area contributed by atoms with Crippen LogP contribution in [0.25, 0.3) is 0 Å². The molecule has 2 rings (SSSR count). The molecule has 0 aliphatic heterocycles. The zero-order valence-electron chi connectivity index (χ0n) is 6.53. The molecule has 0 saturated heterocycles. The summed E-state index contributed by atoms with van der Waals surface area (Å²) in [7, 11) is 0. The van der Waals surface area contributed by atoms with Crippen molar-refractivity contribution in [2.45, 2.75) is 18.9 Å². The van der Waals surface area contributed by atoms with E-state index in [0.717, 1.165) is 5.92 Å². The van der Waals surface area contributed by atoms with Crippen molar-refractivity contribution in [2.75, 3.05) is 0 Å². The number of nitrogens with two attached hydrogens (primary N) is 1. The van der Waals surface area contributed by atoms with Crippen LogP contribution in [-0.2, 0) is 0 Å². The molecule has 0 bridgehead atoms. The second kappa shape index (κ2) is 2.67. The molecule has 0 heterocycles. The van der Waals surface area contributed by atoms with Crippen LogP contribution < -0.4 is 5.73 Å². The van der Waals surface area contributed by atoms with Crippen molar-refractivity contribution in [1.29, 1.82) is 0 Å². The monoisotopic (exact) mass is 147 g/mol. The highest BCUT2D eigenvalue weighted by Gasteiger charge is 2.28. The van der Waals surface area contributed by atoms with Gasteiger partial charge in [-0.05, 0) is 24.3 Å². The van der Waals surface area contributed by atoms with E-state index in [1.807, 2.05) is 6.07 Å². The van der Waals surface area contributed by atoms with Crippen LogP contribution >= 0.6 is 0 Å². The van der Waals surface area contributed by atoms with Crippen LogP contribution in [0.15, 0.2) is 30.3 Å². The van der Waals surface area contributed by atoms with Crippen molar-refractivity contribution in [3.05, 3.63) is 35.9 Å². The predicted molar refractivity (Wildman–Crippen MR) is 46.1 cm³/mol. The summed E-state index contributed by atoms with van der Waals surface area (Å²) in [4.78, 5) is 0. The van der Waals surface area contributed by atoms with Crippen LogP contribution in [-0.4, -0.2) is 0 Å². The second-order valence-corrected chi connectivity index (χ2v) is 3.27. The smallest absolute Gasteiger partial charge is 0.0323 e. The Balaban J connectivity index is 2.15. The van der Waals surface area contributed by atoms with Crippen LogP contribution in [0, 0.1) is 5.92 Å². The number of benzene rings is 1. The van der Waals surface area contributed by atoms with Crippen molar-refractivity contribution in [2.24, 2.45) is 11.7 Å². The maximum Gasteiger partial charge on any atom is 0.0323 e. The van der Waals surface area contributed by atoms with E-state index in [0.29, 0.717) is 0 Å². The molecule has 1 aliphatic rings. The summed E-state index contributed by atoms with van der Waals surface area (Å²) in [6, 6.07) is 10.7. The van der Waals surface area contributed by atoms with Crippen molar-refractivity contribution in [3.63, 3.8) is 0 Å². The Labute approximate surface area is 67.2 Å². The first-order chi connectivity index (χ1) is 5.38. The second-order valence-electron chi connectivity index (χ2n) is 3.27. The first-order valence-electron chi connectivity index (χ1n) is 4.18. The molecule has 0 aromatic heterocycles. The van der Waals surface area contributed by atoms with E-state index in [1.165, 1.54) is 18.4 Å². The molecule has 1 nitrogen and oxygen atoms in total. The lowest BCUT2D eigenvalue weighted by atomic mass is 10.0. The van der Waals surface area contributed by atoms with Gasteiger partial charge in [0.1, 0.15) is 0 Å². The van der Waals surface area contributed by atoms with Gasteiger partial charge in [0, 0.05) is 6.04 Å². The Morgan fingerprint density at radius 2 is 1.82 bits per heavy atom. The van der Waals surface area contributed by atoms with Crippen LogP contribution in [0.1, 0.15) is 24.4 Å². The highest BCUT2D eigenvalue weighted by atomic mass is 14.7. The highest BCUT2D eigenvalue weighted by molar-refractivity contribution is 5.20. The lowest BCUT2D eigenvalue weighted by molar-refractivity contribution is 0.633. The van der Waals surface area contributed by atoms with Gasteiger partial charge in [-0.2, -0.15) is 0 Å². The van der Waals surface area contributed by atoms with Crippen molar-refractivity contribution in [1.82, 2.24) is 0 Å². The third-order valence-corrected chi connectivity index (χ3v) is 2.31. The molecular weight excluding hydrogens is 134 g/mol. The third-order valence-electron chi connectivity index (χ3n) is 2.31. The molecule has 1 heteroatoms. The largest absolute Gasteiger partial charge is 0.324 e. The summed E-state index contributed by atoms with van der Waals surface area (Å²) in [6.07, 6.45) is 2.63. The molecule has 1 fully saturated rings. The van der Waals surface area contributed by atoms with Gasteiger partial charge in [-0.15, -0.1) is 0 Å². The minimum Gasteiger partial charge on any atom is -0.324 e. The van der Waals surface area contributed by atoms with E-state index in [1.54, 1.807) is 0 Å². The zero-order chi connectivity index (χ0) is 7.68. The van der Waals surface area contributed by atoms with Crippen molar-refractivity contribution < 1.29 is 0 Å². The third kappa shape index (κ3) is 1.43. The first kappa shape index (κ1) is 6.86. The average Bonchev–Trinajstić information content (AvgIpc) is 2.87. The van der Waals surface area contributed by atoms with E-state index in [-0.39, 0.29) is 6.04 Å². The van der Waals surface area contributed by atoms with Gasteiger partial charge in [0.15, 0.2) is 0 Å². The first-order valence-corrected chi connectivity index (χ1v) is 4.18. The molecule has 0 amide bonds. The van der Waals surface area contributed by atoms with Gasteiger partial charge in [-0.1, -0.05) is 30.3 Å². The number of hydrogen-bond donors (Lipinski definition) is 1. The molecule has 58 valence electrons.